The summed E-state index contributed by atoms with van der Waals surface area (Å²) in [5.74, 6) is -1.40. The number of aliphatic carboxylic acids is 1. The molecule has 0 spiro atoms. The lowest BCUT2D eigenvalue weighted by Gasteiger charge is -2.30. The summed E-state index contributed by atoms with van der Waals surface area (Å²) < 4.78 is 0. The van der Waals surface area contributed by atoms with Crippen LogP contribution in [0, 0.1) is 5.92 Å². The van der Waals surface area contributed by atoms with Crippen molar-refractivity contribution in [2.24, 2.45) is 11.7 Å². The van der Waals surface area contributed by atoms with Gasteiger partial charge < -0.3 is 15.7 Å². The van der Waals surface area contributed by atoms with E-state index in [0.717, 1.165) is 6.42 Å². The van der Waals surface area contributed by atoms with Crippen LogP contribution < -0.4 is 5.73 Å². The largest absolute Gasteiger partial charge is 0.481 e. The number of carbonyl (C=O) groups is 2. The van der Waals surface area contributed by atoms with Crippen LogP contribution in [0.5, 0.6) is 0 Å². The number of nitrogens with zero attached hydrogens (tertiary/aromatic N) is 1. The minimum absolute atomic E-state index is 0.0354. The van der Waals surface area contributed by atoms with Crippen LogP contribution in [-0.2, 0) is 9.59 Å². The van der Waals surface area contributed by atoms with Crippen molar-refractivity contribution < 1.29 is 14.7 Å². The van der Waals surface area contributed by atoms with Crippen LogP contribution in [0.3, 0.4) is 0 Å². The van der Waals surface area contributed by atoms with E-state index >= 15 is 0 Å². The Kier molecular flexibility index (Phi) is 3.25. The van der Waals surface area contributed by atoms with Gasteiger partial charge in [-0.2, -0.15) is 0 Å². The predicted octanol–water partition coefficient (Wildman–Crippen LogP) is -0.732. The highest BCUT2D eigenvalue weighted by Gasteiger charge is 2.27. The minimum atomic E-state index is -0.825. The van der Waals surface area contributed by atoms with Crippen molar-refractivity contribution in [2.75, 3.05) is 19.6 Å². The summed E-state index contributed by atoms with van der Waals surface area (Å²) in [6, 6.07) is 0. The fourth-order valence-electron chi connectivity index (χ4n) is 1.53. The van der Waals surface area contributed by atoms with Gasteiger partial charge in [0.2, 0.25) is 5.91 Å². The molecule has 0 aromatic rings. The van der Waals surface area contributed by atoms with Gasteiger partial charge in [-0.1, -0.05) is 0 Å². The number of rotatable bonds is 2. The molecule has 0 unspecified atom stereocenters. The minimum Gasteiger partial charge on any atom is -0.481 e. The van der Waals surface area contributed by atoms with Gasteiger partial charge in [0.1, 0.15) is 0 Å². The number of carboxylic acids is 1. The van der Waals surface area contributed by atoms with Crippen molar-refractivity contribution in [1.82, 2.24) is 4.90 Å². The number of likely N-dealkylation sites (tertiary alicyclic amines) is 1. The van der Waals surface area contributed by atoms with Gasteiger partial charge in [-0.15, -0.1) is 0 Å². The molecule has 0 saturated carbocycles. The van der Waals surface area contributed by atoms with E-state index in [1.165, 1.54) is 4.90 Å². The van der Waals surface area contributed by atoms with Crippen LogP contribution in [0.1, 0.15) is 12.8 Å². The third-order valence-corrected chi connectivity index (χ3v) is 2.30. The number of amides is 1. The SMILES string of the molecule is NCC(=O)N1CCC[C@@H](C(=O)O)C1. The Labute approximate surface area is 76.5 Å². The molecule has 0 bridgehead atoms. The fraction of sp³-hybridized carbons (Fsp3) is 0.750. The van der Waals surface area contributed by atoms with Gasteiger partial charge in [0.05, 0.1) is 12.5 Å². The Morgan fingerprint density at radius 2 is 2.23 bits per heavy atom. The number of hydrogen-bond donors (Lipinski definition) is 2. The van der Waals surface area contributed by atoms with Crippen LogP contribution in [0.15, 0.2) is 0 Å². The summed E-state index contributed by atoms with van der Waals surface area (Å²) in [4.78, 5) is 23.3. The summed E-state index contributed by atoms with van der Waals surface area (Å²) in [6.07, 6.45) is 1.41. The van der Waals surface area contributed by atoms with E-state index in [9.17, 15) is 9.59 Å². The molecule has 0 aromatic heterocycles. The Bertz CT molecular complexity index is 217. The molecule has 1 amide bonds. The molecule has 0 aromatic carbocycles. The van der Waals surface area contributed by atoms with Crippen molar-refractivity contribution in [1.29, 1.82) is 0 Å². The number of hydrogen-bond acceptors (Lipinski definition) is 3. The normalized spacial score (nSPS) is 22.8. The molecular weight excluding hydrogens is 172 g/mol. The number of carbonyl (C=O) groups excluding carboxylic acids is 1. The molecular formula is C8H14N2O3. The lowest BCUT2D eigenvalue weighted by molar-refractivity contribution is -0.145. The molecule has 1 saturated heterocycles. The van der Waals surface area contributed by atoms with Gasteiger partial charge in [0.15, 0.2) is 0 Å². The zero-order valence-electron chi connectivity index (χ0n) is 7.40. The average Bonchev–Trinajstić information content (AvgIpc) is 2.17. The van der Waals surface area contributed by atoms with Gasteiger partial charge in [-0.3, -0.25) is 9.59 Å². The van der Waals surface area contributed by atoms with Gasteiger partial charge in [-0.05, 0) is 12.8 Å². The molecule has 74 valence electrons. The summed E-state index contributed by atoms with van der Waals surface area (Å²) >= 11 is 0. The Balaban J connectivity index is 2.51. The topological polar surface area (TPSA) is 83.6 Å². The maximum Gasteiger partial charge on any atom is 0.308 e. The molecule has 1 heterocycles. The van der Waals surface area contributed by atoms with Crippen LogP contribution in [-0.4, -0.2) is 41.5 Å². The summed E-state index contributed by atoms with van der Waals surface area (Å²) in [7, 11) is 0. The van der Waals surface area contributed by atoms with Crippen molar-refractivity contribution in [2.45, 2.75) is 12.8 Å². The van der Waals surface area contributed by atoms with E-state index in [-0.39, 0.29) is 12.5 Å². The van der Waals surface area contributed by atoms with E-state index < -0.39 is 11.9 Å². The van der Waals surface area contributed by atoms with Gasteiger partial charge >= 0.3 is 5.97 Å². The van der Waals surface area contributed by atoms with Crippen molar-refractivity contribution in [3.8, 4) is 0 Å². The molecule has 1 atom stereocenters. The van der Waals surface area contributed by atoms with Crippen molar-refractivity contribution in [3.05, 3.63) is 0 Å². The molecule has 1 aliphatic heterocycles. The third kappa shape index (κ3) is 2.42. The first-order valence-electron chi connectivity index (χ1n) is 4.35. The number of nitrogens with two attached hydrogens (primary N) is 1. The number of carboxylic acid groups (broad SMARTS) is 1. The highest BCUT2D eigenvalue weighted by Crippen LogP contribution is 2.16. The highest BCUT2D eigenvalue weighted by molar-refractivity contribution is 5.79. The van der Waals surface area contributed by atoms with Crippen LogP contribution in [0.2, 0.25) is 0 Å². The van der Waals surface area contributed by atoms with Crippen LogP contribution >= 0.6 is 0 Å². The summed E-state index contributed by atoms with van der Waals surface area (Å²) in [5, 5.41) is 8.74. The highest BCUT2D eigenvalue weighted by atomic mass is 16.4. The molecule has 0 radical (unpaired) electrons. The molecule has 1 rings (SSSR count). The molecule has 1 fully saturated rings. The molecule has 5 nitrogen and oxygen atoms in total. The smallest absolute Gasteiger partial charge is 0.308 e. The first-order chi connectivity index (χ1) is 6.15. The standard InChI is InChI=1S/C8H14N2O3/c9-4-7(11)10-3-1-2-6(5-10)8(12)13/h6H,1-5,9H2,(H,12,13)/t6-/m1/s1. The van der Waals surface area contributed by atoms with Crippen LogP contribution in [0.25, 0.3) is 0 Å². The molecule has 5 heteroatoms. The Hall–Kier alpha value is -1.10. The summed E-state index contributed by atoms with van der Waals surface area (Å²) in [5.41, 5.74) is 5.19. The van der Waals surface area contributed by atoms with Crippen molar-refractivity contribution in [3.63, 3.8) is 0 Å². The number of piperidine rings is 1. The van der Waals surface area contributed by atoms with Gasteiger partial charge in [0, 0.05) is 13.1 Å². The van der Waals surface area contributed by atoms with E-state index in [1.54, 1.807) is 0 Å². The Morgan fingerprint density at radius 3 is 2.77 bits per heavy atom. The van der Waals surface area contributed by atoms with Gasteiger partial charge in [0.25, 0.3) is 0 Å². The monoisotopic (exact) mass is 186 g/mol. The quantitative estimate of drug-likeness (QED) is 0.595. The van der Waals surface area contributed by atoms with E-state index in [0.29, 0.717) is 19.5 Å². The van der Waals surface area contributed by atoms with Crippen LogP contribution in [0.4, 0.5) is 0 Å². The fourth-order valence-corrected chi connectivity index (χ4v) is 1.53. The zero-order valence-corrected chi connectivity index (χ0v) is 7.40. The lowest BCUT2D eigenvalue weighted by Crippen LogP contribution is -2.44. The first kappa shape index (κ1) is 9.98. The lowest BCUT2D eigenvalue weighted by atomic mass is 9.98. The molecule has 13 heavy (non-hydrogen) atoms. The first-order valence-corrected chi connectivity index (χ1v) is 4.35. The predicted molar refractivity (Wildman–Crippen MR) is 46.0 cm³/mol. The second kappa shape index (κ2) is 4.23. The van der Waals surface area contributed by atoms with E-state index in [4.69, 9.17) is 10.8 Å². The average molecular weight is 186 g/mol. The third-order valence-electron chi connectivity index (χ3n) is 2.30. The maximum absolute atomic E-state index is 11.1. The van der Waals surface area contributed by atoms with E-state index in [1.807, 2.05) is 0 Å². The zero-order chi connectivity index (χ0) is 9.84. The summed E-state index contributed by atoms with van der Waals surface area (Å²) in [6.45, 7) is 0.914. The second-order valence-electron chi connectivity index (χ2n) is 3.22. The molecule has 1 aliphatic rings. The van der Waals surface area contributed by atoms with Gasteiger partial charge in [-0.25, -0.2) is 0 Å². The molecule has 3 N–H and O–H groups in total. The Morgan fingerprint density at radius 1 is 1.54 bits per heavy atom. The van der Waals surface area contributed by atoms with Crippen molar-refractivity contribution >= 4 is 11.9 Å². The maximum atomic E-state index is 11.1. The molecule has 0 aliphatic carbocycles. The second-order valence-corrected chi connectivity index (χ2v) is 3.22. The van der Waals surface area contributed by atoms with E-state index in [2.05, 4.69) is 0 Å².